The van der Waals surface area contributed by atoms with Crippen molar-refractivity contribution in [3.8, 4) is 5.75 Å². The summed E-state index contributed by atoms with van der Waals surface area (Å²) in [5, 5.41) is 40.0. The summed E-state index contributed by atoms with van der Waals surface area (Å²) in [6, 6.07) is 13.2. The van der Waals surface area contributed by atoms with Crippen LogP contribution in [-0.4, -0.2) is 58.2 Å². The molecule has 0 aliphatic carbocycles. The molecule has 5 atom stereocenters. The molecule has 0 spiro atoms. The first-order chi connectivity index (χ1) is 15.4. The van der Waals surface area contributed by atoms with Gasteiger partial charge >= 0.3 is 0 Å². The highest BCUT2D eigenvalue weighted by Gasteiger charge is 2.43. The van der Waals surface area contributed by atoms with Gasteiger partial charge in [-0.25, -0.2) is 4.99 Å². The maximum atomic E-state index is 10.4. The highest BCUT2D eigenvalue weighted by molar-refractivity contribution is 5.39. The molecule has 1 aliphatic heterocycles. The fraction of sp³-hybridized carbons (Fsp3) is 0.320. The van der Waals surface area contributed by atoms with Crippen LogP contribution in [0.25, 0.3) is 0 Å². The predicted molar refractivity (Wildman–Crippen MR) is 122 cm³/mol. The number of allylic oxidation sites excluding steroid dienone is 2. The van der Waals surface area contributed by atoms with Crippen molar-refractivity contribution in [2.75, 3.05) is 6.61 Å². The van der Waals surface area contributed by atoms with Crippen LogP contribution in [0.15, 0.2) is 72.1 Å². The van der Waals surface area contributed by atoms with Crippen molar-refractivity contribution in [3.05, 3.63) is 89.3 Å². The Hall–Kier alpha value is -2.81. The van der Waals surface area contributed by atoms with Crippen molar-refractivity contribution in [1.29, 1.82) is 0 Å². The Morgan fingerprint density at radius 3 is 2.44 bits per heavy atom. The van der Waals surface area contributed by atoms with Crippen LogP contribution in [0.3, 0.4) is 0 Å². The average molecular weight is 440 g/mol. The van der Waals surface area contributed by atoms with Crippen LogP contribution < -0.4 is 4.74 Å². The monoisotopic (exact) mass is 439 g/mol. The standard InChI is InChI=1S/C25H29NO6/c1-4-5-21(26-3)31-19-10-7-16(8-11-19)12-18-13-17(9-6-15(18)2)25-24(30)23(29)22(28)20(14-27)32-25/h4-11,13,20,22-25,27-30H,1,3,12,14H2,2H3/b21-5+/t20-,22-,23+,24-,25+/m1/s1. The summed E-state index contributed by atoms with van der Waals surface area (Å²) in [5.74, 6) is 0.983. The molecule has 0 saturated carbocycles. The summed E-state index contributed by atoms with van der Waals surface area (Å²) < 4.78 is 11.3. The van der Waals surface area contributed by atoms with E-state index in [0.717, 1.165) is 16.7 Å². The number of aliphatic hydroxyl groups is 4. The third-order valence-electron chi connectivity index (χ3n) is 5.55. The highest BCUT2D eigenvalue weighted by atomic mass is 16.5. The van der Waals surface area contributed by atoms with Gasteiger partial charge < -0.3 is 29.9 Å². The Morgan fingerprint density at radius 2 is 1.81 bits per heavy atom. The highest BCUT2D eigenvalue weighted by Crippen LogP contribution is 2.33. The van der Waals surface area contributed by atoms with Crippen molar-refractivity contribution >= 4 is 6.72 Å². The quantitative estimate of drug-likeness (QED) is 0.285. The zero-order valence-electron chi connectivity index (χ0n) is 18.0. The number of aryl methyl sites for hydroxylation is 1. The van der Waals surface area contributed by atoms with Crippen molar-refractivity contribution in [1.82, 2.24) is 0 Å². The molecule has 0 bridgehead atoms. The molecule has 0 aromatic heterocycles. The summed E-state index contributed by atoms with van der Waals surface area (Å²) in [5.41, 5.74) is 3.80. The molecule has 3 rings (SSSR count). The van der Waals surface area contributed by atoms with E-state index < -0.39 is 37.1 Å². The molecule has 0 amide bonds. The molecule has 2 aromatic rings. The van der Waals surface area contributed by atoms with Crippen LogP contribution in [-0.2, 0) is 11.2 Å². The molecule has 1 saturated heterocycles. The topological polar surface area (TPSA) is 112 Å². The fourth-order valence-corrected chi connectivity index (χ4v) is 3.67. The van der Waals surface area contributed by atoms with E-state index in [1.807, 2.05) is 49.4 Å². The predicted octanol–water partition coefficient (Wildman–Crippen LogP) is 2.21. The Morgan fingerprint density at radius 1 is 1.09 bits per heavy atom. The minimum atomic E-state index is -1.41. The Balaban J connectivity index is 1.78. The smallest absolute Gasteiger partial charge is 0.218 e. The summed E-state index contributed by atoms with van der Waals surface area (Å²) in [6.07, 6.45) is -2.08. The maximum absolute atomic E-state index is 10.4. The van der Waals surface area contributed by atoms with Crippen LogP contribution in [0.1, 0.15) is 28.4 Å². The van der Waals surface area contributed by atoms with E-state index in [1.54, 1.807) is 12.2 Å². The van der Waals surface area contributed by atoms with Crippen molar-refractivity contribution in [2.24, 2.45) is 4.99 Å². The lowest BCUT2D eigenvalue weighted by Gasteiger charge is -2.40. The van der Waals surface area contributed by atoms with E-state index in [-0.39, 0.29) is 0 Å². The first-order valence-corrected chi connectivity index (χ1v) is 10.3. The molecular weight excluding hydrogens is 410 g/mol. The van der Waals surface area contributed by atoms with Gasteiger partial charge in [-0.3, -0.25) is 0 Å². The molecule has 7 heteroatoms. The second-order valence-electron chi connectivity index (χ2n) is 7.76. The van der Waals surface area contributed by atoms with E-state index in [4.69, 9.17) is 9.47 Å². The molecule has 170 valence electrons. The Bertz CT molecular complexity index is 969. The summed E-state index contributed by atoms with van der Waals surface area (Å²) in [6.45, 7) is 8.61. The van der Waals surface area contributed by atoms with E-state index >= 15 is 0 Å². The summed E-state index contributed by atoms with van der Waals surface area (Å²) >= 11 is 0. The van der Waals surface area contributed by atoms with Crippen LogP contribution >= 0.6 is 0 Å². The molecule has 1 aliphatic rings. The van der Waals surface area contributed by atoms with Gasteiger partial charge in [-0.2, -0.15) is 0 Å². The number of hydrogen-bond acceptors (Lipinski definition) is 7. The van der Waals surface area contributed by atoms with E-state index in [0.29, 0.717) is 23.6 Å². The van der Waals surface area contributed by atoms with E-state index in [1.165, 1.54) is 0 Å². The van der Waals surface area contributed by atoms with Gasteiger partial charge in [-0.15, -0.1) is 0 Å². The third kappa shape index (κ3) is 5.32. The molecule has 4 N–H and O–H groups in total. The largest absolute Gasteiger partial charge is 0.439 e. The molecule has 0 unspecified atom stereocenters. The second-order valence-corrected chi connectivity index (χ2v) is 7.76. The number of hydrogen-bond donors (Lipinski definition) is 4. The summed E-state index contributed by atoms with van der Waals surface area (Å²) in [4.78, 5) is 3.79. The lowest BCUT2D eigenvalue weighted by molar-refractivity contribution is -0.231. The Labute approximate surface area is 187 Å². The molecule has 1 fully saturated rings. The number of benzene rings is 2. The van der Waals surface area contributed by atoms with E-state index in [2.05, 4.69) is 18.3 Å². The maximum Gasteiger partial charge on any atom is 0.218 e. The van der Waals surface area contributed by atoms with Gasteiger partial charge in [-0.05, 0) is 54.4 Å². The minimum Gasteiger partial charge on any atom is -0.439 e. The molecule has 2 aromatic carbocycles. The second kappa shape index (κ2) is 10.7. The van der Waals surface area contributed by atoms with Gasteiger partial charge in [0.1, 0.15) is 36.3 Å². The van der Waals surface area contributed by atoms with Crippen molar-refractivity contribution in [3.63, 3.8) is 0 Å². The number of rotatable bonds is 8. The van der Waals surface area contributed by atoms with Crippen LogP contribution in [0, 0.1) is 6.92 Å². The van der Waals surface area contributed by atoms with Gasteiger partial charge in [0.25, 0.3) is 0 Å². The lowest BCUT2D eigenvalue weighted by Crippen LogP contribution is -2.55. The SMILES string of the molecule is C=C/C=C(\N=C)Oc1ccc(Cc2cc([C@@H]3O[C@H](CO)[C@@H](O)[C@H](O)[C@H]3O)ccc2C)cc1. The zero-order chi connectivity index (χ0) is 23.3. The number of ether oxygens (including phenoxy) is 2. The first kappa shape index (κ1) is 23.8. The molecule has 32 heavy (non-hydrogen) atoms. The average Bonchev–Trinajstić information content (AvgIpc) is 2.80. The van der Waals surface area contributed by atoms with Crippen LogP contribution in [0.2, 0.25) is 0 Å². The lowest BCUT2D eigenvalue weighted by atomic mass is 9.89. The van der Waals surface area contributed by atoms with Gasteiger partial charge in [0, 0.05) is 6.08 Å². The number of aliphatic imine (C=N–C) groups is 1. The number of nitrogens with zero attached hydrogens (tertiary/aromatic N) is 1. The van der Waals surface area contributed by atoms with Gasteiger partial charge in [0.05, 0.1) is 6.61 Å². The fourth-order valence-electron chi connectivity index (χ4n) is 3.67. The van der Waals surface area contributed by atoms with Gasteiger partial charge in [0.2, 0.25) is 5.88 Å². The molecular formula is C25H29NO6. The van der Waals surface area contributed by atoms with Crippen LogP contribution in [0.5, 0.6) is 5.75 Å². The van der Waals surface area contributed by atoms with Gasteiger partial charge in [-0.1, -0.05) is 43.0 Å². The number of aliphatic hydroxyl groups excluding tert-OH is 4. The minimum absolute atomic E-state index is 0.357. The normalized spacial score (nSPS) is 25.9. The Kier molecular flexibility index (Phi) is 7.95. The third-order valence-corrected chi connectivity index (χ3v) is 5.55. The van der Waals surface area contributed by atoms with Gasteiger partial charge in [0.15, 0.2) is 0 Å². The molecule has 1 heterocycles. The first-order valence-electron chi connectivity index (χ1n) is 10.3. The molecule has 7 nitrogen and oxygen atoms in total. The van der Waals surface area contributed by atoms with Crippen molar-refractivity contribution in [2.45, 2.75) is 43.9 Å². The van der Waals surface area contributed by atoms with Crippen LogP contribution in [0.4, 0.5) is 0 Å². The van der Waals surface area contributed by atoms with Crippen molar-refractivity contribution < 1.29 is 29.9 Å². The molecule has 0 radical (unpaired) electrons. The summed E-state index contributed by atoms with van der Waals surface area (Å²) in [7, 11) is 0. The van der Waals surface area contributed by atoms with E-state index in [9.17, 15) is 20.4 Å². The zero-order valence-corrected chi connectivity index (χ0v) is 18.0.